The Balaban J connectivity index is 1.85. The fourth-order valence-corrected chi connectivity index (χ4v) is 3.50. The van der Waals surface area contributed by atoms with E-state index in [2.05, 4.69) is 20.9 Å². The molecule has 0 aliphatic rings. The number of nitrogens with zero attached hydrogens (tertiary/aromatic N) is 1. The minimum absolute atomic E-state index is 0.125. The molecule has 0 spiro atoms. The molecule has 3 nitrogen and oxygen atoms in total. The van der Waals surface area contributed by atoms with Crippen LogP contribution in [0, 0.1) is 18.6 Å². The van der Waals surface area contributed by atoms with Crippen molar-refractivity contribution in [2.75, 3.05) is 6.54 Å². The summed E-state index contributed by atoms with van der Waals surface area (Å²) in [5.41, 5.74) is 2.87. The maximum absolute atomic E-state index is 14.0. The van der Waals surface area contributed by atoms with Crippen LogP contribution in [0.1, 0.15) is 23.7 Å². The second-order valence-corrected chi connectivity index (χ2v) is 7.15. The maximum Gasteiger partial charge on any atom is 0.227 e. The van der Waals surface area contributed by atoms with Gasteiger partial charge in [-0.1, -0.05) is 15.9 Å². The number of aryl methyl sites for hydroxylation is 1. The van der Waals surface area contributed by atoms with Crippen LogP contribution in [0.25, 0.3) is 10.9 Å². The number of likely N-dealkylation sites (N-methyl/N-ethyl adjacent to an activating group) is 1. The molecule has 1 amide bonds. The number of aromatic amines is 1. The van der Waals surface area contributed by atoms with Crippen LogP contribution < -0.4 is 0 Å². The van der Waals surface area contributed by atoms with Gasteiger partial charge in [0.15, 0.2) is 0 Å². The van der Waals surface area contributed by atoms with Crippen molar-refractivity contribution in [2.45, 2.75) is 26.8 Å². The van der Waals surface area contributed by atoms with Crippen LogP contribution in [0.15, 0.2) is 40.9 Å². The molecule has 1 heterocycles. The van der Waals surface area contributed by atoms with Gasteiger partial charge in [-0.3, -0.25) is 4.79 Å². The van der Waals surface area contributed by atoms with Crippen molar-refractivity contribution in [3.05, 3.63) is 69.3 Å². The highest BCUT2D eigenvalue weighted by molar-refractivity contribution is 9.10. The SMILES string of the molecule is CCN(Cc1cc(Br)ccc1F)C(=O)Cc1c(C)[nH]c2ccc(F)cc12. The van der Waals surface area contributed by atoms with Crippen molar-refractivity contribution < 1.29 is 13.6 Å². The third-order valence-electron chi connectivity index (χ3n) is 4.51. The Morgan fingerprint density at radius 2 is 1.96 bits per heavy atom. The lowest BCUT2D eigenvalue weighted by Crippen LogP contribution is -2.32. The lowest BCUT2D eigenvalue weighted by atomic mass is 10.1. The topological polar surface area (TPSA) is 36.1 Å². The summed E-state index contributed by atoms with van der Waals surface area (Å²) in [7, 11) is 0. The molecule has 2 aromatic carbocycles. The lowest BCUT2D eigenvalue weighted by Gasteiger charge is -2.21. The van der Waals surface area contributed by atoms with Crippen molar-refractivity contribution >= 4 is 32.7 Å². The van der Waals surface area contributed by atoms with Gasteiger partial charge < -0.3 is 9.88 Å². The maximum atomic E-state index is 14.0. The van der Waals surface area contributed by atoms with E-state index in [-0.39, 0.29) is 30.5 Å². The molecule has 1 N–H and O–H groups in total. The van der Waals surface area contributed by atoms with Gasteiger partial charge in [0, 0.05) is 39.7 Å². The van der Waals surface area contributed by atoms with E-state index in [1.807, 2.05) is 13.8 Å². The van der Waals surface area contributed by atoms with Crippen LogP contribution >= 0.6 is 15.9 Å². The Hall–Kier alpha value is -2.21. The normalized spacial score (nSPS) is 11.1. The summed E-state index contributed by atoms with van der Waals surface area (Å²) in [6, 6.07) is 9.17. The summed E-state index contributed by atoms with van der Waals surface area (Å²) in [6.45, 7) is 4.37. The quantitative estimate of drug-likeness (QED) is 0.611. The highest BCUT2D eigenvalue weighted by Gasteiger charge is 2.19. The molecule has 0 radical (unpaired) electrons. The predicted molar refractivity (Wildman–Crippen MR) is 102 cm³/mol. The molecule has 0 bridgehead atoms. The average Bonchev–Trinajstić information content (AvgIpc) is 2.90. The largest absolute Gasteiger partial charge is 0.358 e. The van der Waals surface area contributed by atoms with E-state index >= 15 is 0 Å². The standard InChI is InChI=1S/C20H19BrF2N2O/c1-3-25(11-13-8-14(21)4-6-18(13)23)20(26)10-16-12(2)24-19-7-5-15(22)9-17(16)19/h4-9,24H,3,10-11H2,1-2H3. The third-order valence-corrected chi connectivity index (χ3v) is 5.01. The summed E-state index contributed by atoms with van der Waals surface area (Å²) in [4.78, 5) is 17.6. The molecule has 0 fully saturated rings. The molecule has 1 aromatic heterocycles. The second-order valence-electron chi connectivity index (χ2n) is 6.24. The molecule has 0 aliphatic carbocycles. The van der Waals surface area contributed by atoms with E-state index in [4.69, 9.17) is 0 Å². The number of nitrogens with one attached hydrogen (secondary N) is 1. The van der Waals surface area contributed by atoms with Gasteiger partial charge in [0.25, 0.3) is 0 Å². The molecule has 136 valence electrons. The summed E-state index contributed by atoms with van der Waals surface area (Å²) in [6.07, 6.45) is 0.138. The smallest absolute Gasteiger partial charge is 0.227 e. The summed E-state index contributed by atoms with van der Waals surface area (Å²) in [5.74, 6) is -0.807. The van der Waals surface area contributed by atoms with Gasteiger partial charge in [-0.25, -0.2) is 8.78 Å². The van der Waals surface area contributed by atoms with E-state index < -0.39 is 0 Å². The number of hydrogen-bond acceptors (Lipinski definition) is 1. The zero-order valence-electron chi connectivity index (χ0n) is 14.6. The molecule has 26 heavy (non-hydrogen) atoms. The molecule has 0 unspecified atom stereocenters. The third kappa shape index (κ3) is 3.80. The number of hydrogen-bond donors (Lipinski definition) is 1. The number of benzene rings is 2. The van der Waals surface area contributed by atoms with E-state index in [1.54, 1.807) is 23.1 Å². The first-order valence-electron chi connectivity index (χ1n) is 8.37. The van der Waals surface area contributed by atoms with Crippen LogP contribution in [0.3, 0.4) is 0 Å². The molecule has 6 heteroatoms. The van der Waals surface area contributed by atoms with Gasteiger partial charge in [-0.2, -0.15) is 0 Å². The Bertz CT molecular complexity index is 968. The van der Waals surface area contributed by atoms with Crippen molar-refractivity contribution in [2.24, 2.45) is 0 Å². The minimum atomic E-state index is -0.343. The number of carbonyl (C=O) groups excluding carboxylic acids is 1. The van der Waals surface area contributed by atoms with Crippen molar-refractivity contribution in [3.8, 4) is 0 Å². The van der Waals surface area contributed by atoms with Gasteiger partial charge in [0.2, 0.25) is 5.91 Å². The van der Waals surface area contributed by atoms with Crippen molar-refractivity contribution in [3.63, 3.8) is 0 Å². The zero-order valence-corrected chi connectivity index (χ0v) is 16.2. The first-order chi connectivity index (χ1) is 12.4. The summed E-state index contributed by atoms with van der Waals surface area (Å²) in [5, 5.41) is 0.709. The number of aromatic nitrogens is 1. The zero-order chi connectivity index (χ0) is 18.8. The second kappa shape index (κ2) is 7.58. The van der Waals surface area contributed by atoms with Gasteiger partial charge >= 0.3 is 0 Å². The number of carbonyl (C=O) groups is 1. The molecule has 3 aromatic rings. The highest BCUT2D eigenvalue weighted by atomic mass is 79.9. The van der Waals surface area contributed by atoms with Gasteiger partial charge in [0.05, 0.1) is 6.42 Å². The summed E-state index contributed by atoms with van der Waals surface area (Å²) >= 11 is 3.33. The van der Waals surface area contributed by atoms with Crippen LogP contribution in [-0.4, -0.2) is 22.3 Å². The van der Waals surface area contributed by atoms with Crippen LogP contribution in [0.5, 0.6) is 0 Å². The van der Waals surface area contributed by atoms with Gasteiger partial charge in [0.1, 0.15) is 11.6 Å². The molecular weight excluding hydrogens is 402 g/mol. The molecule has 0 atom stereocenters. The molecule has 0 saturated carbocycles. The first-order valence-corrected chi connectivity index (χ1v) is 9.16. The molecule has 0 aliphatic heterocycles. The summed E-state index contributed by atoms with van der Waals surface area (Å²) < 4.78 is 28.4. The fraction of sp³-hybridized carbons (Fsp3) is 0.250. The average molecular weight is 421 g/mol. The Kier molecular flexibility index (Phi) is 5.41. The number of rotatable bonds is 5. The van der Waals surface area contributed by atoms with Gasteiger partial charge in [-0.15, -0.1) is 0 Å². The Morgan fingerprint density at radius 1 is 1.19 bits per heavy atom. The highest BCUT2D eigenvalue weighted by Crippen LogP contribution is 2.24. The molecule has 0 saturated heterocycles. The number of H-pyrrole nitrogens is 1. The number of halogens is 3. The predicted octanol–water partition coefficient (Wildman–Crippen LogP) is 5.11. The van der Waals surface area contributed by atoms with Crippen LogP contribution in [-0.2, 0) is 17.8 Å². The monoisotopic (exact) mass is 420 g/mol. The Morgan fingerprint density at radius 3 is 2.69 bits per heavy atom. The van der Waals surface area contributed by atoms with E-state index in [0.29, 0.717) is 17.5 Å². The van der Waals surface area contributed by atoms with Crippen molar-refractivity contribution in [1.82, 2.24) is 9.88 Å². The fourth-order valence-electron chi connectivity index (χ4n) is 3.09. The Labute approximate surface area is 159 Å². The first kappa shape index (κ1) is 18.6. The van der Waals surface area contributed by atoms with E-state index in [0.717, 1.165) is 21.2 Å². The van der Waals surface area contributed by atoms with Crippen molar-refractivity contribution in [1.29, 1.82) is 0 Å². The molecule has 3 rings (SSSR count). The van der Waals surface area contributed by atoms with E-state index in [9.17, 15) is 13.6 Å². The molecular formula is C20H19BrF2N2O. The number of amides is 1. The van der Waals surface area contributed by atoms with Crippen LogP contribution in [0.4, 0.5) is 8.78 Å². The number of fused-ring (bicyclic) bond motifs is 1. The van der Waals surface area contributed by atoms with E-state index in [1.165, 1.54) is 18.2 Å². The minimum Gasteiger partial charge on any atom is -0.358 e. The van der Waals surface area contributed by atoms with Gasteiger partial charge in [-0.05, 0) is 55.8 Å². The lowest BCUT2D eigenvalue weighted by molar-refractivity contribution is -0.130. The van der Waals surface area contributed by atoms with Crippen LogP contribution in [0.2, 0.25) is 0 Å².